The van der Waals surface area contributed by atoms with Crippen LogP contribution < -0.4 is 5.73 Å². The first-order valence-corrected chi connectivity index (χ1v) is 3.98. The molecule has 0 saturated heterocycles. The molecule has 0 saturated carbocycles. The van der Waals surface area contributed by atoms with E-state index in [1.807, 2.05) is 0 Å². The second-order valence-electron chi connectivity index (χ2n) is 2.90. The molecule has 0 aliphatic heterocycles. The van der Waals surface area contributed by atoms with Gasteiger partial charge in [0.1, 0.15) is 0 Å². The first-order chi connectivity index (χ1) is 6.11. The van der Waals surface area contributed by atoms with Crippen molar-refractivity contribution in [1.29, 1.82) is 0 Å². The lowest BCUT2D eigenvalue weighted by Crippen LogP contribution is -2.15. The maximum absolute atomic E-state index is 10.9. The van der Waals surface area contributed by atoms with Gasteiger partial charge >= 0.3 is 0 Å². The van der Waals surface area contributed by atoms with Crippen LogP contribution in [0.4, 0.5) is 0 Å². The van der Waals surface area contributed by atoms with Crippen LogP contribution in [0.3, 0.4) is 0 Å². The Labute approximate surface area is 77.3 Å². The maximum Gasteiger partial charge on any atom is 0.248 e. The molecule has 1 aromatic rings. The van der Waals surface area contributed by atoms with E-state index in [0.29, 0.717) is 11.1 Å². The fraction of sp³-hybridized carbons (Fsp3) is 0.111. The molecule has 0 aromatic heterocycles. The summed E-state index contributed by atoms with van der Waals surface area (Å²) in [7, 11) is 1.48. The van der Waals surface area contributed by atoms with Gasteiger partial charge in [-0.15, -0.1) is 0 Å². The third-order valence-electron chi connectivity index (χ3n) is 1.72. The van der Waals surface area contributed by atoms with E-state index >= 15 is 0 Å². The standard InChI is InChI=1S/C9H10BNO2/c10-8(12)5-6-3-1-2-4-7(6)9(11)13/h1-4H,5,10H2,(H2,11,13). The lowest BCUT2D eigenvalue weighted by atomic mass is 9.92. The Bertz CT molecular complexity index is 349. The summed E-state index contributed by atoms with van der Waals surface area (Å²) in [6.07, 6.45) is 0.263. The molecule has 13 heavy (non-hydrogen) atoms. The molecular formula is C9H10BNO2. The van der Waals surface area contributed by atoms with Gasteiger partial charge in [-0.25, -0.2) is 0 Å². The number of amides is 1. The van der Waals surface area contributed by atoms with E-state index in [1.54, 1.807) is 24.3 Å². The number of rotatable bonds is 3. The Morgan fingerprint density at radius 2 is 1.92 bits per heavy atom. The van der Waals surface area contributed by atoms with Gasteiger partial charge in [0.15, 0.2) is 7.85 Å². The Kier molecular flexibility index (Phi) is 2.85. The molecule has 4 heteroatoms. The van der Waals surface area contributed by atoms with E-state index < -0.39 is 5.91 Å². The third kappa shape index (κ3) is 2.44. The molecule has 0 unspecified atom stereocenters. The molecule has 1 rings (SSSR count). The summed E-state index contributed by atoms with van der Waals surface area (Å²) in [5, 5.41) is 0. The Hall–Kier alpha value is -1.58. The van der Waals surface area contributed by atoms with Crippen molar-refractivity contribution in [1.82, 2.24) is 0 Å². The molecule has 0 aliphatic carbocycles. The summed E-state index contributed by atoms with van der Waals surface area (Å²) in [5.41, 5.74) is 6.29. The van der Waals surface area contributed by atoms with E-state index in [1.165, 1.54) is 7.85 Å². The molecule has 0 atom stereocenters. The van der Waals surface area contributed by atoms with Crippen LogP contribution in [0.1, 0.15) is 15.9 Å². The molecule has 0 heterocycles. The van der Waals surface area contributed by atoms with E-state index in [2.05, 4.69) is 0 Å². The molecule has 2 N–H and O–H groups in total. The highest BCUT2D eigenvalue weighted by molar-refractivity contribution is 6.57. The summed E-state index contributed by atoms with van der Waals surface area (Å²) >= 11 is 0. The SMILES string of the molecule is BC(=O)Cc1ccccc1C(N)=O. The number of nitrogens with two attached hydrogens (primary N) is 1. The van der Waals surface area contributed by atoms with E-state index in [0.717, 1.165) is 0 Å². The predicted octanol–water partition coefficient (Wildman–Crippen LogP) is -0.512. The van der Waals surface area contributed by atoms with Crippen LogP contribution in [0.2, 0.25) is 0 Å². The van der Waals surface area contributed by atoms with Gasteiger partial charge in [0.05, 0.1) is 5.68 Å². The van der Waals surface area contributed by atoms with Crippen molar-refractivity contribution in [3.8, 4) is 0 Å². The number of carbonyl (C=O) groups excluding carboxylic acids is 2. The average molecular weight is 175 g/mol. The lowest BCUT2D eigenvalue weighted by Gasteiger charge is -2.03. The third-order valence-corrected chi connectivity index (χ3v) is 1.72. The first-order valence-electron chi connectivity index (χ1n) is 3.98. The number of hydrogen-bond donors (Lipinski definition) is 1. The van der Waals surface area contributed by atoms with Crippen LogP contribution in [0.15, 0.2) is 24.3 Å². The van der Waals surface area contributed by atoms with Crippen LogP contribution in [0.25, 0.3) is 0 Å². The highest BCUT2D eigenvalue weighted by Gasteiger charge is 2.07. The molecule has 0 radical (unpaired) electrons. The number of hydrogen-bond acceptors (Lipinski definition) is 2. The number of primary amides is 1. The minimum Gasteiger partial charge on any atom is -0.366 e. The van der Waals surface area contributed by atoms with Crippen LogP contribution in [-0.2, 0) is 11.2 Å². The average Bonchev–Trinajstić information content (AvgIpc) is 2.03. The van der Waals surface area contributed by atoms with Crippen molar-refractivity contribution in [3.63, 3.8) is 0 Å². The van der Waals surface area contributed by atoms with Crippen molar-refractivity contribution in [3.05, 3.63) is 35.4 Å². The van der Waals surface area contributed by atoms with Gasteiger partial charge in [-0.2, -0.15) is 0 Å². The molecule has 1 aromatic carbocycles. The first kappa shape index (κ1) is 9.51. The maximum atomic E-state index is 10.9. The van der Waals surface area contributed by atoms with E-state index in [4.69, 9.17) is 5.73 Å². The summed E-state index contributed by atoms with van der Waals surface area (Å²) in [6, 6.07) is 6.87. The van der Waals surface area contributed by atoms with Crippen molar-refractivity contribution in [2.24, 2.45) is 5.73 Å². The summed E-state index contributed by atoms with van der Waals surface area (Å²) in [5.74, 6) is -0.489. The van der Waals surface area contributed by atoms with E-state index in [9.17, 15) is 9.59 Å². The fourth-order valence-electron chi connectivity index (χ4n) is 1.18. The molecule has 1 amide bonds. The fourth-order valence-corrected chi connectivity index (χ4v) is 1.18. The normalized spacial score (nSPS) is 9.54. The van der Waals surface area contributed by atoms with Gasteiger partial charge in [0.25, 0.3) is 0 Å². The highest BCUT2D eigenvalue weighted by atomic mass is 16.1. The topological polar surface area (TPSA) is 60.2 Å². The van der Waals surface area contributed by atoms with Gasteiger partial charge in [-0.05, 0) is 11.6 Å². The Morgan fingerprint density at radius 3 is 2.46 bits per heavy atom. The minimum absolute atomic E-state index is 0.0219. The largest absolute Gasteiger partial charge is 0.366 e. The molecule has 66 valence electrons. The van der Waals surface area contributed by atoms with Crippen molar-refractivity contribution >= 4 is 19.4 Å². The number of benzene rings is 1. The van der Waals surface area contributed by atoms with Gasteiger partial charge in [0.2, 0.25) is 5.91 Å². The Morgan fingerprint density at radius 1 is 1.31 bits per heavy atom. The molecule has 0 bridgehead atoms. The summed E-state index contributed by atoms with van der Waals surface area (Å²) in [6.45, 7) is 0. The van der Waals surface area contributed by atoms with Crippen molar-refractivity contribution < 1.29 is 9.59 Å². The predicted molar refractivity (Wildman–Crippen MR) is 52.2 cm³/mol. The second kappa shape index (κ2) is 3.89. The van der Waals surface area contributed by atoms with Crippen LogP contribution in [0.5, 0.6) is 0 Å². The smallest absolute Gasteiger partial charge is 0.248 e. The summed E-state index contributed by atoms with van der Waals surface area (Å²) < 4.78 is 0. The van der Waals surface area contributed by atoms with Gasteiger partial charge < -0.3 is 10.5 Å². The molecule has 3 nitrogen and oxygen atoms in total. The molecule has 0 aliphatic rings. The second-order valence-corrected chi connectivity index (χ2v) is 2.90. The van der Waals surface area contributed by atoms with Gasteiger partial charge in [-0.3, -0.25) is 4.79 Å². The summed E-state index contributed by atoms with van der Waals surface area (Å²) in [4.78, 5) is 21.8. The van der Waals surface area contributed by atoms with Crippen molar-refractivity contribution in [2.45, 2.75) is 6.42 Å². The van der Waals surface area contributed by atoms with Gasteiger partial charge in [-0.1, -0.05) is 18.2 Å². The van der Waals surface area contributed by atoms with Crippen LogP contribution in [0, 0.1) is 0 Å². The Balaban J connectivity index is 3.04. The zero-order valence-corrected chi connectivity index (χ0v) is 7.41. The zero-order chi connectivity index (χ0) is 9.84. The van der Waals surface area contributed by atoms with E-state index in [-0.39, 0.29) is 12.1 Å². The molecule has 0 fully saturated rings. The van der Waals surface area contributed by atoms with Crippen molar-refractivity contribution in [2.75, 3.05) is 0 Å². The minimum atomic E-state index is -0.489. The monoisotopic (exact) mass is 175 g/mol. The molecule has 0 spiro atoms. The number of carbonyl (C=O) groups is 2. The lowest BCUT2D eigenvalue weighted by molar-refractivity contribution is -0.111. The zero-order valence-electron chi connectivity index (χ0n) is 7.41. The van der Waals surface area contributed by atoms with Gasteiger partial charge in [0, 0.05) is 12.0 Å². The van der Waals surface area contributed by atoms with Crippen LogP contribution in [-0.4, -0.2) is 19.4 Å². The van der Waals surface area contributed by atoms with Crippen LogP contribution >= 0.6 is 0 Å². The highest BCUT2D eigenvalue weighted by Crippen LogP contribution is 2.08. The quantitative estimate of drug-likeness (QED) is 0.628. The molecular weight excluding hydrogens is 165 g/mol.